The lowest BCUT2D eigenvalue weighted by atomic mass is 9.74. The predicted molar refractivity (Wildman–Crippen MR) is 128 cm³/mol. The number of hydrogen-bond donors (Lipinski definition) is 1. The molecule has 1 N–H and O–H groups in total. The Morgan fingerprint density at radius 1 is 1.09 bits per heavy atom. The maximum Gasteiger partial charge on any atom is 0.416 e. The van der Waals surface area contributed by atoms with Gasteiger partial charge in [0.25, 0.3) is 0 Å². The molecule has 4 atom stereocenters. The van der Waals surface area contributed by atoms with Crippen molar-refractivity contribution in [3.63, 3.8) is 0 Å². The Bertz CT molecular complexity index is 1070. The molecule has 0 radical (unpaired) electrons. The number of imide groups is 1. The Hall–Kier alpha value is -3.06. The molecule has 0 spiro atoms. The van der Waals surface area contributed by atoms with Crippen LogP contribution in [0.4, 0.5) is 9.59 Å². The summed E-state index contributed by atoms with van der Waals surface area (Å²) in [6, 6.07) is 15.7. The first kappa shape index (κ1) is 24.1. The summed E-state index contributed by atoms with van der Waals surface area (Å²) in [7, 11) is 0. The van der Waals surface area contributed by atoms with E-state index in [0.717, 1.165) is 11.1 Å². The predicted octanol–water partition coefficient (Wildman–Crippen LogP) is 5.04. The van der Waals surface area contributed by atoms with E-state index >= 15 is 0 Å². The van der Waals surface area contributed by atoms with E-state index < -0.39 is 47.4 Å². The fourth-order valence-electron chi connectivity index (χ4n) is 5.31. The highest BCUT2D eigenvalue weighted by Gasteiger charge is 2.56. The molecule has 8 heteroatoms. The van der Waals surface area contributed by atoms with Crippen molar-refractivity contribution < 1.29 is 24.2 Å². The molecular formula is C26H29ClN2O5. The highest BCUT2D eigenvalue weighted by molar-refractivity contribution is 6.30. The van der Waals surface area contributed by atoms with Crippen molar-refractivity contribution in [2.75, 3.05) is 13.2 Å². The van der Waals surface area contributed by atoms with Gasteiger partial charge in [-0.1, -0.05) is 74.8 Å². The zero-order chi connectivity index (χ0) is 24.6. The molecule has 1 unspecified atom stereocenters. The molecule has 2 aromatic carbocycles. The highest BCUT2D eigenvalue weighted by Crippen LogP contribution is 2.46. The summed E-state index contributed by atoms with van der Waals surface area (Å²) in [6.45, 7) is 6.02. The van der Waals surface area contributed by atoms with Crippen molar-refractivity contribution in [2.45, 2.75) is 45.2 Å². The second-order valence-corrected chi connectivity index (χ2v) is 10.5. The second-order valence-electron chi connectivity index (χ2n) is 10.1. The molecule has 0 aliphatic carbocycles. The minimum Gasteiger partial charge on any atom is -0.465 e. The lowest BCUT2D eigenvalue weighted by Gasteiger charge is -2.38. The van der Waals surface area contributed by atoms with Gasteiger partial charge in [-0.3, -0.25) is 4.79 Å². The maximum absolute atomic E-state index is 14.1. The zero-order valence-corrected chi connectivity index (χ0v) is 20.2. The van der Waals surface area contributed by atoms with Crippen molar-refractivity contribution >= 4 is 29.7 Å². The maximum atomic E-state index is 14.1. The van der Waals surface area contributed by atoms with Gasteiger partial charge in [-0.15, -0.1) is 0 Å². The van der Waals surface area contributed by atoms with Crippen LogP contribution in [-0.4, -0.2) is 58.2 Å². The fraction of sp³-hybridized carbons (Fsp3) is 0.423. The van der Waals surface area contributed by atoms with Crippen LogP contribution in [0.25, 0.3) is 0 Å². The van der Waals surface area contributed by atoms with Crippen LogP contribution in [0.5, 0.6) is 0 Å². The largest absolute Gasteiger partial charge is 0.465 e. The number of carbonyl (C=O) groups excluding carboxylic acids is 2. The van der Waals surface area contributed by atoms with Crippen LogP contribution < -0.4 is 0 Å². The Balaban J connectivity index is 1.74. The molecule has 0 saturated carbocycles. The highest BCUT2D eigenvalue weighted by atomic mass is 35.5. The molecule has 2 saturated heterocycles. The van der Waals surface area contributed by atoms with Crippen molar-refractivity contribution in [1.82, 2.24) is 9.80 Å². The fourth-order valence-corrected chi connectivity index (χ4v) is 5.44. The van der Waals surface area contributed by atoms with E-state index in [1.807, 2.05) is 63.2 Å². The first-order valence-corrected chi connectivity index (χ1v) is 11.7. The van der Waals surface area contributed by atoms with E-state index in [0.29, 0.717) is 11.4 Å². The number of ether oxygens (including phenoxy) is 1. The smallest absolute Gasteiger partial charge is 0.416 e. The van der Waals surface area contributed by atoms with Gasteiger partial charge in [0.05, 0.1) is 18.0 Å². The molecule has 0 bridgehead atoms. The number of hydrogen-bond acceptors (Lipinski definition) is 4. The van der Waals surface area contributed by atoms with E-state index in [1.165, 1.54) is 9.80 Å². The van der Waals surface area contributed by atoms with Gasteiger partial charge in [-0.05, 0) is 35.1 Å². The number of amides is 3. The van der Waals surface area contributed by atoms with Gasteiger partial charge in [0, 0.05) is 17.5 Å². The van der Waals surface area contributed by atoms with Gasteiger partial charge >= 0.3 is 12.2 Å². The third-order valence-electron chi connectivity index (χ3n) is 6.73. The van der Waals surface area contributed by atoms with Gasteiger partial charge in [-0.2, -0.15) is 0 Å². The normalized spacial score (nSPS) is 24.9. The first-order chi connectivity index (χ1) is 16.1. The number of carboxylic acid groups (broad SMARTS) is 1. The summed E-state index contributed by atoms with van der Waals surface area (Å²) in [5.41, 5.74) is 1.26. The van der Waals surface area contributed by atoms with Crippen LogP contribution >= 0.6 is 11.6 Å². The SMILES string of the molecule is CC(C)(C)C1[C@@H](C(=O)N2C(=O)OC[C@H]2Cc2ccccc2)[C@H](c2ccc(Cl)cc2)CN1C(=O)O. The summed E-state index contributed by atoms with van der Waals surface area (Å²) in [6.07, 6.45) is -1.29. The third-order valence-corrected chi connectivity index (χ3v) is 6.98. The molecular weight excluding hydrogens is 456 g/mol. The number of benzene rings is 2. The Morgan fingerprint density at radius 2 is 1.74 bits per heavy atom. The quantitative estimate of drug-likeness (QED) is 0.657. The Kier molecular flexibility index (Phi) is 6.58. The standard InChI is InChI=1S/C26H29ClN2O5/c1-26(2,3)22-21(20(14-28(22)24(31)32)17-9-11-18(27)12-10-17)23(30)29-19(15-34-25(29)33)13-16-7-5-4-6-8-16/h4-12,19-22H,13-15H2,1-3H3,(H,31,32)/t19-,20+,21+,22?/m1/s1. The van der Waals surface area contributed by atoms with E-state index in [-0.39, 0.29) is 13.2 Å². The number of halogens is 1. The molecule has 2 aliphatic heterocycles. The van der Waals surface area contributed by atoms with Crippen LogP contribution in [0, 0.1) is 11.3 Å². The molecule has 2 aromatic rings. The van der Waals surface area contributed by atoms with E-state index in [2.05, 4.69) is 0 Å². The zero-order valence-electron chi connectivity index (χ0n) is 19.5. The monoisotopic (exact) mass is 484 g/mol. The molecule has 2 fully saturated rings. The topological polar surface area (TPSA) is 87.2 Å². The Labute approximate surface area is 204 Å². The molecule has 0 aromatic heterocycles. The van der Waals surface area contributed by atoms with Crippen molar-refractivity contribution in [1.29, 1.82) is 0 Å². The van der Waals surface area contributed by atoms with Crippen molar-refractivity contribution in [3.05, 3.63) is 70.7 Å². The summed E-state index contributed by atoms with van der Waals surface area (Å²) < 4.78 is 5.30. The van der Waals surface area contributed by atoms with Crippen LogP contribution in [0.2, 0.25) is 5.02 Å². The van der Waals surface area contributed by atoms with Gasteiger partial charge < -0.3 is 14.7 Å². The van der Waals surface area contributed by atoms with Gasteiger partial charge in [0.2, 0.25) is 5.91 Å². The van der Waals surface area contributed by atoms with Gasteiger partial charge in [0.15, 0.2) is 0 Å². The van der Waals surface area contributed by atoms with Crippen LogP contribution in [0.3, 0.4) is 0 Å². The summed E-state index contributed by atoms with van der Waals surface area (Å²) >= 11 is 6.08. The summed E-state index contributed by atoms with van der Waals surface area (Å²) in [5.74, 6) is -1.57. The van der Waals surface area contributed by atoms with Crippen LogP contribution in [0.15, 0.2) is 54.6 Å². The molecule has 3 amide bonds. The number of rotatable bonds is 4. The van der Waals surface area contributed by atoms with E-state index in [4.69, 9.17) is 16.3 Å². The molecule has 2 heterocycles. The average molecular weight is 485 g/mol. The number of nitrogens with zero attached hydrogens (tertiary/aromatic N) is 2. The molecule has 180 valence electrons. The van der Waals surface area contributed by atoms with Crippen LogP contribution in [-0.2, 0) is 16.0 Å². The van der Waals surface area contributed by atoms with E-state index in [1.54, 1.807) is 12.1 Å². The van der Waals surface area contributed by atoms with Crippen LogP contribution in [0.1, 0.15) is 37.8 Å². The number of likely N-dealkylation sites (tertiary alicyclic amines) is 1. The molecule has 2 aliphatic rings. The number of cyclic esters (lactones) is 1. The minimum absolute atomic E-state index is 0.112. The van der Waals surface area contributed by atoms with Gasteiger partial charge in [-0.25, -0.2) is 14.5 Å². The molecule has 34 heavy (non-hydrogen) atoms. The Morgan fingerprint density at radius 3 is 2.32 bits per heavy atom. The second kappa shape index (κ2) is 9.29. The lowest BCUT2D eigenvalue weighted by molar-refractivity contribution is -0.135. The summed E-state index contributed by atoms with van der Waals surface area (Å²) in [4.78, 5) is 41.7. The number of carbonyl (C=O) groups is 3. The van der Waals surface area contributed by atoms with Crippen molar-refractivity contribution in [3.8, 4) is 0 Å². The first-order valence-electron chi connectivity index (χ1n) is 11.4. The lowest BCUT2D eigenvalue weighted by Crippen LogP contribution is -2.52. The summed E-state index contributed by atoms with van der Waals surface area (Å²) in [5, 5.41) is 10.6. The third kappa shape index (κ3) is 4.62. The van der Waals surface area contributed by atoms with E-state index in [9.17, 15) is 19.5 Å². The molecule has 7 nitrogen and oxygen atoms in total. The average Bonchev–Trinajstić information content (AvgIpc) is 3.36. The van der Waals surface area contributed by atoms with Crippen molar-refractivity contribution in [2.24, 2.45) is 11.3 Å². The molecule has 4 rings (SSSR count). The minimum atomic E-state index is -1.08. The van der Waals surface area contributed by atoms with Gasteiger partial charge in [0.1, 0.15) is 6.61 Å².